The van der Waals surface area contributed by atoms with Crippen molar-refractivity contribution in [2.45, 2.75) is 58.0 Å². The molecule has 0 radical (unpaired) electrons. The molecule has 0 amide bonds. The zero-order valence-electron chi connectivity index (χ0n) is 20.9. The van der Waals surface area contributed by atoms with Crippen LogP contribution in [0.3, 0.4) is 0 Å². The quantitative estimate of drug-likeness (QED) is 0.180. The van der Waals surface area contributed by atoms with Crippen LogP contribution in [-0.2, 0) is 13.1 Å². The maximum absolute atomic E-state index is 10.0. The van der Waals surface area contributed by atoms with Crippen LogP contribution in [0.5, 0.6) is 23.0 Å². The molecule has 0 spiro atoms. The van der Waals surface area contributed by atoms with Gasteiger partial charge in [0.2, 0.25) is 0 Å². The molecular weight excluding hydrogens is 416 g/mol. The van der Waals surface area contributed by atoms with Crippen LogP contribution in [0, 0.1) is 0 Å². The van der Waals surface area contributed by atoms with E-state index in [0.29, 0.717) is 13.1 Å². The topological polar surface area (TPSA) is 80.9 Å². The molecule has 6 nitrogen and oxygen atoms in total. The number of benzene rings is 2. The van der Waals surface area contributed by atoms with E-state index in [-0.39, 0.29) is 23.0 Å². The average molecular weight is 461 g/mol. The number of phenols is 4. The lowest BCUT2D eigenvalue weighted by atomic mass is 10.1. The van der Waals surface area contributed by atoms with Crippen LogP contribution in [0.25, 0.3) is 0 Å². The van der Waals surface area contributed by atoms with Gasteiger partial charge in [-0.2, -0.15) is 0 Å². The van der Waals surface area contributed by atoms with Gasteiger partial charge >= 0.3 is 0 Å². The Morgan fingerprint density at radius 2 is 0.848 bits per heavy atom. The number of quaternary nitrogens is 2. The minimum Gasteiger partial charge on any atom is -0.504 e. The van der Waals surface area contributed by atoms with Crippen LogP contribution >= 0.6 is 0 Å². The molecule has 2 aromatic carbocycles. The number of hydrogen-bond acceptors (Lipinski definition) is 4. The van der Waals surface area contributed by atoms with Gasteiger partial charge in [-0.1, -0.05) is 31.4 Å². The molecule has 0 aliphatic heterocycles. The highest BCUT2D eigenvalue weighted by Crippen LogP contribution is 2.31. The first-order valence-electron chi connectivity index (χ1n) is 12.1. The molecule has 4 N–H and O–H groups in total. The monoisotopic (exact) mass is 460 g/mol. The first kappa shape index (κ1) is 26.8. The molecule has 6 heteroatoms. The molecule has 0 fully saturated rings. The summed E-state index contributed by atoms with van der Waals surface area (Å²) in [6, 6.07) is 10.3. The largest absolute Gasteiger partial charge is 0.504 e. The summed E-state index contributed by atoms with van der Waals surface area (Å²) < 4.78 is 1.58. The van der Waals surface area contributed by atoms with E-state index in [1.165, 1.54) is 44.2 Å². The molecule has 0 bridgehead atoms. The highest BCUT2D eigenvalue weighted by molar-refractivity contribution is 5.44. The summed E-state index contributed by atoms with van der Waals surface area (Å²) in [5.41, 5.74) is 1.58. The van der Waals surface area contributed by atoms with Crippen molar-refractivity contribution >= 4 is 0 Å². The Balaban J connectivity index is 1.57. The van der Waals surface area contributed by atoms with Crippen LogP contribution in [0.1, 0.15) is 56.1 Å². The van der Waals surface area contributed by atoms with E-state index < -0.39 is 0 Å². The van der Waals surface area contributed by atoms with E-state index in [0.717, 1.165) is 46.0 Å². The third kappa shape index (κ3) is 9.14. The number of para-hydroxylation sites is 2. The van der Waals surface area contributed by atoms with Crippen LogP contribution in [0.2, 0.25) is 0 Å². The predicted octanol–water partition coefficient (Wildman–Crippen LogP) is 5.09. The highest BCUT2D eigenvalue weighted by Gasteiger charge is 2.20. The fraction of sp³-hybridized carbons (Fsp3) is 0.556. The first-order chi connectivity index (χ1) is 15.5. The second-order valence-corrected chi connectivity index (χ2v) is 10.7. The van der Waals surface area contributed by atoms with Crippen molar-refractivity contribution in [1.29, 1.82) is 0 Å². The number of hydrogen-bond donors (Lipinski definition) is 4. The summed E-state index contributed by atoms with van der Waals surface area (Å²) in [7, 11) is 8.67. The lowest BCUT2D eigenvalue weighted by molar-refractivity contribution is -0.903. The Labute approximate surface area is 199 Å². The summed E-state index contributed by atoms with van der Waals surface area (Å²) in [5.74, 6) is -0.0900. The van der Waals surface area contributed by atoms with Crippen molar-refractivity contribution in [3.05, 3.63) is 47.5 Å². The smallest absolute Gasteiger partial charge is 0.166 e. The molecule has 2 aromatic rings. The van der Waals surface area contributed by atoms with Crippen molar-refractivity contribution in [2.75, 3.05) is 41.3 Å². The van der Waals surface area contributed by atoms with E-state index in [1.54, 1.807) is 12.1 Å². The lowest BCUT2D eigenvalue weighted by Crippen LogP contribution is -2.39. The second-order valence-electron chi connectivity index (χ2n) is 10.7. The van der Waals surface area contributed by atoms with Gasteiger partial charge in [-0.05, 0) is 49.9 Å². The zero-order chi connectivity index (χ0) is 24.5. The lowest BCUT2D eigenvalue weighted by Gasteiger charge is -2.30. The summed E-state index contributed by atoms with van der Waals surface area (Å²) in [4.78, 5) is 0. The molecule has 0 unspecified atom stereocenters. The maximum atomic E-state index is 10.0. The van der Waals surface area contributed by atoms with E-state index in [9.17, 15) is 20.4 Å². The van der Waals surface area contributed by atoms with Crippen molar-refractivity contribution in [3.63, 3.8) is 0 Å². The Hall–Kier alpha value is -2.44. The van der Waals surface area contributed by atoms with Crippen LogP contribution < -0.4 is 0 Å². The van der Waals surface area contributed by atoms with E-state index in [2.05, 4.69) is 28.2 Å². The van der Waals surface area contributed by atoms with Crippen molar-refractivity contribution in [1.82, 2.24) is 0 Å². The maximum Gasteiger partial charge on any atom is 0.166 e. The second kappa shape index (κ2) is 12.1. The van der Waals surface area contributed by atoms with Gasteiger partial charge in [-0.15, -0.1) is 0 Å². The van der Waals surface area contributed by atoms with Crippen molar-refractivity contribution in [2.24, 2.45) is 0 Å². The third-order valence-electron chi connectivity index (χ3n) is 6.42. The Morgan fingerprint density at radius 3 is 1.21 bits per heavy atom. The van der Waals surface area contributed by atoms with Gasteiger partial charge < -0.3 is 29.4 Å². The molecule has 0 aromatic heterocycles. The highest BCUT2D eigenvalue weighted by atomic mass is 16.3. The number of aromatic hydroxyl groups is 4. The summed E-state index contributed by atoms with van der Waals surface area (Å²) >= 11 is 0. The molecule has 33 heavy (non-hydrogen) atoms. The number of unbranched alkanes of at least 4 members (excludes halogenated alkanes) is 6. The zero-order valence-corrected chi connectivity index (χ0v) is 20.9. The molecular formula is C27H44N2O4+2. The molecule has 184 valence electrons. The standard InChI is InChI=1S/C27H42N2O4/c1-28(2,20-22-14-12-16-24(30)26(22)32)18-10-8-6-5-7-9-11-19-29(3,4)21-23-15-13-17-25(31)27(23)33/h12-17H,5-11,18-21H2,1-4H3,(H2-2,30,31,32,33)/p+2. The molecule has 0 aliphatic carbocycles. The summed E-state index contributed by atoms with van der Waals surface area (Å²) in [6.45, 7) is 3.49. The molecule has 0 heterocycles. The van der Waals surface area contributed by atoms with E-state index >= 15 is 0 Å². The number of phenolic OH excluding ortho intramolecular Hbond substituents is 4. The predicted molar refractivity (Wildman–Crippen MR) is 133 cm³/mol. The molecule has 2 rings (SSSR count). The van der Waals surface area contributed by atoms with Gasteiger partial charge in [-0.25, -0.2) is 0 Å². The van der Waals surface area contributed by atoms with Gasteiger partial charge in [0.05, 0.1) is 52.4 Å². The summed E-state index contributed by atoms with van der Waals surface area (Å²) in [5, 5.41) is 39.4. The van der Waals surface area contributed by atoms with Crippen LogP contribution in [0.4, 0.5) is 0 Å². The molecule has 0 aliphatic rings. The van der Waals surface area contributed by atoms with Crippen molar-refractivity contribution < 1.29 is 29.4 Å². The summed E-state index contributed by atoms with van der Waals surface area (Å²) in [6.07, 6.45) is 8.48. The van der Waals surface area contributed by atoms with Gasteiger partial charge in [0.1, 0.15) is 13.1 Å². The number of rotatable bonds is 14. The fourth-order valence-corrected chi connectivity index (χ4v) is 4.45. The molecule has 0 saturated heterocycles. The number of nitrogens with zero attached hydrogens (tertiary/aromatic N) is 2. The van der Waals surface area contributed by atoms with E-state index in [4.69, 9.17) is 0 Å². The van der Waals surface area contributed by atoms with E-state index in [1.807, 2.05) is 12.1 Å². The van der Waals surface area contributed by atoms with Crippen molar-refractivity contribution in [3.8, 4) is 23.0 Å². The Kier molecular flexibility index (Phi) is 9.87. The third-order valence-corrected chi connectivity index (χ3v) is 6.42. The van der Waals surface area contributed by atoms with Crippen LogP contribution in [0.15, 0.2) is 36.4 Å². The van der Waals surface area contributed by atoms with Gasteiger partial charge in [0.25, 0.3) is 0 Å². The Bertz CT molecular complexity index is 809. The van der Waals surface area contributed by atoms with Gasteiger partial charge in [0, 0.05) is 0 Å². The normalized spacial score (nSPS) is 12.2. The minimum absolute atomic E-state index is 0.00390. The fourth-order valence-electron chi connectivity index (χ4n) is 4.45. The average Bonchev–Trinajstić information content (AvgIpc) is 2.73. The molecule has 0 saturated carbocycles. The van der Waals surface area contributed by atoms with Gasteiger partial charge in [-0.3, -0.25) is 0 Å². The Morgan fingerprint density at radius 1 is 0.515 bits per heavy atom. The van der Waals surface area contributed by atoms with Crippen LogP contribution in [-0.4, -0.2) is 70.7 Å². The minimum atomic E-state index is -0.0489. The van der Waals surface area contributed by atoms with Gasteiger partial charge in [0.15, 0.2) is 23.0 Å². The molecule has 0 atom stereocenters. The SMILES string of the molecule is C[N+](C)(CCCCCCCCC[N+](C)(C)Cc1cccc(O)c1O)Cc1cccc(O)c1O. The first-order valence-corrected chi connectivity index (χ1v) is 12.1.